The van der Waals surface area contributed by atoms with E-state index < -0.39 is 0 Å². The van der Waals surface area contributed by atoms with E-state index in [-0.39, 0.29) is 5.56 Å². The fourth-order valence-corrected chi connectivity index (χ4v) is 3.71. The topological polar surface area (TPSA) is 39.3 Å². The monoisotopic (exact) mass is 365 g/mol. The van der Waals surface area contributed by atoms with Gasteiger partial charge in [0, 0.05) is 11.6 Å². The van der Waals surface area contributed by atoms with Crippen molar-refractivity contribution in [3.05, 3.63) is 100 Å². The highest BCUT2D eigenvalue weighted by Crippen LogP contribution is 2.27. The van der Waals surface area contributed by atoms with Gasteiger partial charge < -0.3 is 0 Å². The molecule has 0 spiro atoms. The van der Waals surface area contributed by atoms with Gasteiger partial charge in [-0.1, -0.05) is 54.6 Å². The van der Waals surface area contributed by atoms with E-state index in [1.165, 1.54) is 0 Å². The molecule has 0 N–H and O–H groups in total. The number of hydrogen-bond donors (Lipinski definition) is 0. The van der Waals surface area contributed by atoms with Crippen molar-refractivity contribution in [2.75, 3.05) is 0 Å². The van der Waals surface area contributed by atoms with Crippen LogP contribution in [0.15, 0.2) is 83.7 Å². The number of rotatable bonds is 2. The van der Waals surface area contributed by atoms with E-state index in [0.717, 1.165) is 33.6 Å². The molecule has 3 aromatic carbocycles. The molecule has 0 saturated heterocycles. The number of benzene rings is 3. The van der Waals surface area contributed by atoms with Crippen LogP contribution in [-0.2, 0) is 0 Å². The minimum Gasteiger partial charge on any atom is -0.267 e. The molecule has 0 aliphatic rings. The molecular formula is C24H19N3O. The fraction of sp³-hybridized carbons (Fsp3) is 0.0833. The molecule has 0 amide bonds. The van der Waals surface area contributed by atoms with Crippen LogP contribution < -0.4 is 5.56 Å². The van der Waals surface area contributed by atoms with E-state index >= 15 is 0 Å². The van der Waals surface area contributed by atoms with Crippen molar-refractivity contribution in [2.24, 2.45) is 0 Å². The summed E-state index contributed by atoms with van der Waals surface area (Å²) in [5, 5.41) is 0.635. The third-order valence-electron chi connectivity index (χ3n) is 5.33. The Hall–Kier alpha value is -3.66. The normalized spacial score (nSPS) is 11.4. The summed E-state index contributed by atoms with van der Waals surface area (Å²) in [5.74, 6) is 0. The standard InChI is InChI=1S/C24H19N3O/c1-16-13-14-20-23(17(16)2)25-22-15-21(18-9-5-3-6-10-18)26(27(22)24(20)28)19-11-7-4-8-12-19/h3-15H,1-2H3. The molecule has 0 bridgehead atoms. The Kier molecular flexibility index (Phi) is 3.66. The van der Waals surface area contributed by atoms with Gasteiger partial charge in [0.2, 0.25) is 0 Å². The molecule has 28 heavy (non-hydrogen) atoms. The average molecular weight is 365 g/mol. The lowest BCUT2D eigenvalue weighted by Gasteiger charge is -2.12. The van der Waals surface area contributed by atoms with Gasteiger partial charge in [0.1, 0.15) is 0 Å². The Morgan fingerprint density at radius 1 is 0.821 bits per heavy atom. The highest BCUT2D eigenvalue weighted by Gasteiger charge is 2.17. The summed E-state index contributed by atoms with van der Waals surface area (Å²) in [6.07, 6.45) is 0. The van der Waals surface area contributed by atoms with Crippen molar-refractivity contribution in [3.63, 3.8) is 0 Å². The molecule has 5 rings (SSSR count). The lowest BCUT2D eigenvalue weighted by atomic mass is 10.1. The summed E-state index contributed by atoms with van der Waals surface area (Å²) in [6, 6.07) is 25.9. The molecule has 0 fully saturated rings. The second-order valence-corrected chi connectivity index (χ2v) is 7.03. The quantitative estimate of drug-likeness (QED) is 0.445. The smallest absolute Gasteiger partial charge is 0.267 e. The van der Waals surface area contributed by atoms with Crippen molar-refractivity contribution in [2.45, 2.75) is 13.8 Å². The van der Waals surface area contributed by atoms with Crippen LogP contribution in [0, 0.1) is 13.8 Å². The molecule has 2 aromatic heterocycles. The second-order valence-electron chi connectivity index (χ2n) is 7.03. The molecule has 0 atom stereocenters. The third kappa shape index (κ3) is 2.38. The number of hydrogen-bond acceptors (Lipinski definition) is 2. The highest BCUT2D eigenvalue weighted by atomic mass is 16.1. The Bertz CT molecular complexity index is 1380. The van der Waals surface area contributed by atoms with Crippen molar-refractivity contribution < 1.29 is 0 Å². The Morgan fingerprint density at radius 2 is 1.50 bits per heavy atom. The minimum absolute atomic E-state index is 0.0610. The molecule has 136 valence electrons. The van der Waals surface area contributed by atoms with E-state index in [0.29, 0.717) is 11.0 Å². The van der Waals surface area contributed by atoms with Gasteiger partial charge in [-0.15, -0.1) is 0 Å². The number of para-hydroxylation sites is 1. The van der Waals surface area contributed by atoms with Crippen LogP contribution in [0.3, 0.4) is 0 Å². The predicted octanol–water partition coefficient (Wildman–Crippen LogP) is 4.92. The van der Waals surface area contributed by atoms with Gasteiger partial charge in [-0.2, -0.15) is 4.52 Å². The first-order valence-electron chi connectivity index (χ1n) is 9.31. The van der Waals surface area contributed by atoms with Crippen LogP contribution in [-0.4, -0.2) is 14.2 Å². The SMILES string of the molecule is Cc1ccc2c(=O)n3c(cc(-c4ccccc4)n3-c3ccccc3)nc2c1C. The lowest BCUT2D eigenvalue weighted by molar-refractivity contribution is 0.778. The maximum atomic E-state index is 13.5. The van der Waals surface area contributed by atoms with Crippen LogP contribution >= 0.6 is 0 Å². The lowest BCUT2D eigenvalue weighted by Crippen LogP contribution is -2.21. The summed E-state index contributed by atoms with van der Waals surface area (Å²) in [5.41, 5.74) is 6.43. The van der Waals surface area contributed by atoms with Crippen LogP contribution in [0.4, 0.5) is 0 Å². The van der Waals surface area contributed by atoms with Crippen LogP contribution in [0.2, 0.25) is 0 Å². The predicted molar refractivity (Wildman–Crippen MR) is 113 cm³/mol. The van der Waals surface area contributed by atoms with Crippen molar-refractivity contribution in [3.8, 4) is 16.9 Å². The van der Waals surface area contributed by atoms with E-state index in [9.17, 15) is 4.79 Å². The van der Waals surface area contributed by atoms with Crippen LogP contribution in [0.1, 0.15) is 11.1 Å². The summed E-state index contributed by atoms with van der Waals surface area (Å²) in [7, 11) is 0. The van der Waals surface area contributed by atoms with Gasteiger partial charge in [0.05, 0.1) is 22.3 Å². The van der Waals surface area contributed by atoms with Gasteiger partial charge in [-0.25, -0.2) is 9.67 Å². The number of fused-ring (bicyclic) bond motifs is 2. The molecule has 4 nitrogen and oxygen atoms in total. The molecule has 0 aliphatic heterocycles. The largest absolute Gasteiger partial charge is 0.281 e. The minimum atomic E-state index is -0.0610. The zero-order chi connectivity index (χ0) is 19.3. The van der Waals surface area contributed by atoms with Crippen molar-refractivity contribution in [1.29, 1.82) is 0 Å². The number of nitrogens with zero attached hydrogens (tertiary/aromatic N) is 3. The Morgan fingerprint density at radius 3 is 2.21 bits per heavy atom. The summed E-state index contributed by atoms with van der Waals surface area (Å²) in [4.78, 5) is 18.4. The average Bonchev–Trinajstić information content (AvgIpc) is 3.12. The zero-order valence-electron chi connectivity index (χ0n) is 15.8. The maximum absolute atomic E-state index is 13.5. The van der Waals surface area contributed by atoms with E-state index in [4.69, 9.17) is 4.98 Å². The van der Waals surface area contributed by atoms with E-state index in [2.05, 4.69) is 0 Å². The zero-order valence-corrected chi connectivity index (χ0v) is 15.8. The summed E-state index contributed by atoms with van der Waals surface area (Å²) >= 11 is 0. The van der Waals surface area contributed by atoms with Gasteiger partial charge >= 0.3 is 0 Å². The Balaban J connectivity index is 1.98. The highest BCUT2D eigenvalue weighted by molar-refractivity contribution is 5.84. The first-order chi connectivity index (χ1) is 13.6. The Labute approximate surface area is 162 Å². The van der Waals surface area contributed by atoms with Gasteiger partial charge in [-0.3, -0.25) is 4.79 Å². The third-order valence-corrected chi connectivity index (χ3v) is 5.33. The summed E-state index contributed by atoms with van der Waals surface area (Å²) in [6.45, 7) is 4.07. The molecule has 0 radical (unpaired) electrons. The van der Waals surface area contributed by atoms with Crippen LogP contribution in [0.25, 0.3) is 33.5 Å². The molecule has 4 heteroatoms. The molecule has 0 unspecified atom stereocenters. The van der Waals surface area contributed by atoms with E-state index in [1.807, 2.05) is 97.4 Å². The van der Waals surface area contributed by atoms with Gasteiger partial charge in [0.25, 0.3) is 5.56 Å². The van der Waals surface area contributed by atoms with Crippen molar-refractivity contribution in [1.82, 2.24) is 14.2 Å². The van der Waals surface area contributed by atoms with Gasteiger partial charge in [0.15, 0.2) is 5.65 Å². The maximum Gasteiger partial charge on any atom is 0.281 e. The first-order valence-corrected chi connectivity index (χ1v) is 9.31. The van der Waals surface area contributed by atoms with E-state index in [1.54, 1.807) is 4.52 Å². The molecule has 0 saturated carbocycles. The molecule has 5 aromatic rings. The van der Waals surface area contributed by atoms with Crippen molar-refractivity contribution >= 4 is 16.6 Å². The molecular weight excluding hydrogens is 346 g/mol. The summed E-state index contributed by atoms with van der Waals surface area (Å²) < 4.78 is 3.63. The number of aromatic nitrogens is 3. The fourth-order valence-electron chi connectivity index (χ4n) is 3.71. The first kappa shape index (κ1) is 16.5. The number of aryl methyl sites for hydroxylation is 2. The van der Waals surface area contributed by atoms with Gasteiger partial charge in [-0.05, 0) is 43.2 Å². The molecule has 0 aliphatic carbocycles. The molecule has 2 heterocycles. The van der Waals surface area contributed by atoms with Crippen LogP contribution in [0.5, 0.6) is 0 Å². The second kappa shape index (κ2) is 6.20.